The van der Waals surface area contributed by atoms with E-state index in [0.717, 1.165) is 39.0 Å². The number of fused-ring (bicyclic) bond motifs is 12. The number of hydrogen-bond acceptors (Lipinski definition) is 5. The van der Waals surface area contributed by atoms with Crippen LogP contribution in [-0.2, 0) is 0 Å². The fourth-order valence-corrected chi connectivity index (χ4v) is 12.3. The Kier molecular flexibility index (Phi) is 7.99. The second kappa shape index (κ2) is 14.2. The molecular formula is C59H34N4S2. The maximum atomic E-state index is 5.44. The molecule has 14 aromatic rings. The molecule has 0 spiro atoms. The van der Waals surface area contributed by atoms with E-state index in [-0.39, 0.29) is 0 Å². The Hall–Kier alpha value is -8.03. The summed E-state index contributed by atoms with van der Waals surface area (Å²) in [6.45, 7) is 0. The highest BCUT2D eigenvalue weighted by atomic mass is 32.1. The molecule has 10 aromatic carbocycles. The molecule has 4 nitrogen and oxygen atoms in total. The van der Waals surface area contributed by atoms with Crippen LogP contribution in [0.1, 0.15) is 0 Å². The monoisotopic (exact) mass is 862 g/mol. The van der Waals surface area contributed by atoms with Gasteiger partial charge in [-0.2, -0.15) is 0 Å². The summed E-state index contributed by atoms with van der Waals surface area (Å²) >= 11 is 3.67. The van der Waals surface area contributed by atoms with Crippen LogP contribution in [0.25, 0.3) is 135 Å². The van der Waals surface area contributed by atoms with Gasteiger partial charge in [-0.15, -0.1) is 22.7 Å². The third-order valence-corrected chi connectivity index (χ3v) is 15.3. The molecular weight excluding hydrogens is 829 g/mol. The highest BCUT2D eigenvalue weighted by molar-refractivity contribution is 7.26. The van der Waals surface area contributed by atoms with Gasteiger partial charge < -0.3 is 4.57 Å². The van der Waals surface area contributed by atoms with Crippen LogP contribution >= 0.6 is 22.7 Å². The Morgan fingerprint density at radius 2 is 0.954 bits per heavy atom. The van der Waals surface area contributed by atoms with Crippen molar-refractivity contribution in [2.45, 2.75) is 0 Å². The Balaban J connectivity index is 1.08. The van der Waals surface area contributed by atoms with E-state index in [0.29, 0.717) is 17.5 Å². The number of aromatic nitrogens is 4. The van der Waals surface area contributed by atoms with Crippen molar-refractivity contribution < 1.29 is 0 Å². The molecule has 0 aliphatic heterocycles. The van der Waals surface area contributed by atoms with Gasteiger partial charge in [-0.1, -0.05) is 133 Å². The lowest BCUT2D eigenvalue weighted by Gasteiger charge is -2.16. The summed E-state index contributed by atoms with van der Waals surface area (Å²) < 4.78 is 7.45. The molecule has 0 radical (unpaired) electrons. The van der Waals surface area contributed by atoms with Crippen LogP contribution in [-0.4, -0.2) is 19.5 Å². The topological polar surface area (TPSA) is 43.6 Å². The van der Waals surface area contributed by atoms with Crippen molar-refractivity contribution in [3.05, 3.63) is 206 Å². The van der Waals surface area contributed by atoms with Crippen LogP contribution in [0.3, 0.4) is 0 Å². The Bertz CT molecular complexity index is 4250. The lowest BCUT2D eigenvalue weighted by molar-refractivity contribution is 1.07. The molecule has 6 heteroatoms. The summed E-state index contributed by atoms with van der Waals surface area (Å²) in [5.74, 6) is 1.90. The molecule has 0 atom stereocenters. The standard InChI is InChI=1S/C59H34N4S2/c1-2-14-36(15-3-1)57-60-58(39-26-29-52-48(32-39)43-20-9-11-23-51(43)64-52)62-59(61-57)45-28-27-40(63-49-22-10-8-19-42(49)47-31-37-16-4-5-17-38(37)33-50(47)63)34-46(45)44-21-12-24-53-56(44)55-41-18-7-6-13-35(41)25-30-54(55)65-53/h1-34H. The SMILES string of the molecule is c1ccc(-c2nc(-c3ccc4sc5ccccc5c4c3)nc(-c3ccc(-n4c5ccccc5c5cc6ccccc6cc54)cc3-c3cccc4sc5ccc6ccccc6c5c34)n2)cc1. The second-order valence-corrected chi connectivity index (χ2v) is 18.9. The van der Waals surface area contributed by atoms with Gasteiger partial charge in [0, 0.05) is 73.5 Å². The van der Waals surface area contributed by atoms with Crippen LogP contribution in [0.2, 0.25) is 0 Å². The van der Waals surface area contributed by atoms with Crippen LogP contribution in [0.4, 0.5) is 0 Å². The Morgan fingerprint density at radius 1 is 0.308 bits per heavy atom. The molecule has 14 rings (SSSR count). The van der Waals surface area contributed by atoms with Crippen molar-refractivity contribution in [3.63, 3.8) is 0 Å². The van der Waals surface area contributed by atoms with Crippen molar-refractivity contribution in [3.8, 4) is 51.0 Å². The molecule has 4 aromatic heterocycles. The maximum Gasteiger partial charge on any atom is 0.164 e. The minimum atomic E-state index is 0.625. The predicted octanol–water partition coefficient (Wildman–Crippen LogP) is 16.7. The zero-order chi connectivity index (χ0) is 42.6. The summed E-state index contributed by atoms with van der Waals surface area (Å²) in [6.07, 6.45) is 0. The number of nitrogens with zero attached hydrogens (tertiary/aromatic N) is 4. The lowest BCUT2D eigenvalue weighted by Crippen LogP contribution is -2.02. The van der Waals surface area contributed by atoms with Crippen LogP contribution in [0, 0.1) is 0 Å². The molecule has 0 unspecified atom stereocenters. The van der Waals surface area contributed by atoms with Gasteiger partial charge in [0.2, 0.25) is 0 Å². The Labute approximate surface area is 381 Å². The van der Waals surface area contributed by atoms with E-state index in [2.05, 4.69) is 193 Å². The van der Waals surface area contributed by atoms with Crippen molar-refractivity contribution in [1.29, 1.82) is 0 Å². The minimum Gasteiger partial charge on any atom is -0.309 e. The smallest absolute Gasteiger partial charge is 0.164 e. The third-order valence-electron chi connectivity index (χ3n) is 13.0. The normalized spacial score (nSPS) is 12.0. The summed E-state index contributed by atoms with van der Waals surface area (Å²) in [4.78, 5) is 16.0. The maximum absolute atomic E-state index is 5.44. The first-order valence-electron chi connectivity index (χ1n) is 21.8. The lowest BCUT2D eigenvalue weighted by atomic mass is 9.93. The quantitative estimate of drug-likeness (QED) is 0.173. The molecule has 0 saturated carbocycles. The fraction of sp³-hybridized carbons (Fsp3) is 0. The molecule has 0 aliphatic carbocycles. The summed E-state index contributed by atoms with van der Waals surface area (Å²) in [6, 6.07) is 74.5. The highest BCUT2D eigenvalue weighted by Gasteiger charge is 2.22. The Morgan fingerprint density at radius 3 is 1.83 bits per heavy atom. The number of hydrogen-bond donors (Lipinski definition) is 0. The fourth-order valence-electron chi connectivity index (χ4n) is 10.0. The summed E-state index contributed by atoms with van der Waals surface area (Å²) in [5.41, 5.74) is 8.42. The number of para-hydroxylation sites is 1. The average molecular weight is 863 g/mol. The van der Waals surface area contributed by atoms with Gasteiger partial charge in [0.25, 0.3) is 0 Å². The zero-order valence-electron chi connectivity index (χ0n) is 34.7. The summed E-state index contributed by atoms with van der Waals surface area (Å²) in [5, 5.41) is 12.3. The molecule has 65 heavy (non-hydrogen) atoms. The first kappa shape index (κ1) is 36.5. The van der Waals surface area contributed by atoms with Crippen molar-refractivity contribution in [2.24, 2.45) is 0 Å². The third kappa shape index (κ3) is 5.71. The molecule has 0 aliphatic rings. The molecule has 0 N–H and O–H groups in total. The van der Waals surface area contributed by atoms with Crippen LogP contribution < -0.4 is 0 Å². The van der Waals surface area contributed by atoms with E-state index in [1.807, 2.05) is 40.9 Å². The van der Waals surface area contributed by atoms with Crippen LogP contribution in [0.5, 0.6) is 0 Å². The van der Waals surface area contributed by atoms with Gasteiger partial charge in [0.15, 0.2) is 17.5 Å². The molecule has 302 valence electrons. The molecule has 0 saturated heterocycles. The van der Waals surface area contributed by atoms with E-state index >= 15 is 0 Å². The van der Waals surface area contributed by atoms with Gasteiger partial charge in [-0.05, 0) is 105 Å². The van der Waals surface area contributed by atoms with E-state index in [1.165, 1.54) is 78.2 Å². The summed E-state index contributed by atoms with van der Waals surface area (Å²) in [7, 11) is 0. The van der Waals surface area contributed by atoms with Gasteiger partial charge >= 0.3 is 0 Å². The van der Waals surface area contributed by atoms with Gasteiger partial charge in [0.05, 0.1) is 11.0 Å². The molecule has 0 fully saturated rings. The number of thiophene rings is 2. The van der Waals surface area contributed by atoms with Crippen LogP contribution in [0.15, 0.2) is 206 Å². The molecule has 0 amide bonds. The van der Waals surface area contributed by atoms with Gasteiger partial charge in [0.1, 0.15) is 0 Å². The van der Waals surface area contributed by atoms with Crippen molar-refractivity contribution >= 4 is 106 Å². The van der Waals surface area contributed by atoms with E-state index < -0.39 is 0 Å². The minimum absolute atomic E-state index is 0.625. The first-order valence-corrected chi connectivity index (χ1v) is 23.5. The van der Waals surface area contributed by atoms with Gasteiger partial charge in [-0.3, -0.25) is 0 Å². The second-order valence-electron chi connectivity index (χ2n) is 16.7. The van der Waals surface area contributed by atoms with Crippen molar-refractivity contribution in [1.82, 2.24) is 19.5 Å². The average Bonchev–Trinajstić information content (AvgIpc) is 4.05. The van der Waals surface area contributed by atoms with E-state index in [9.17, 15) is 0 Å². The van der Waals surface area contributed by atoms with E-state index in [1.54, 1.807) is 0 Å². The first-order chi connectivity index (χ1) is 32.2. The number of rotatable bonds is 5. The van der Waals surface area contributed by atoms with Crippen molar-refractivity contribution in [2.75, 3.05) is 0 Å². The highest BCUT2D eigenvalue weighted by Crippen LogP contribution is 2.47. The number of benzene rings is 10. The largest absolute Gasteiger partial charge is 0.309 e. The zero-order valence-corrected chi connectivity index (χ0v) is 36.4. The predicted molar refractivity (Wildman–Crippen MR) is 277 cm³/mol. The van der Waals surface area contributed by atoms with E-state index in [4.69, 9.17) is 15.0 Å². The molecule has 0 bridgehead atoms. The van der Waals surface area contributed by atoms with Gasteiger partial charge in [-0.25, -0.2) is 15.0 Å². The molecule has 4 heterocycles.